The monoisotopic (exact) mass is 1180 g/mol. The summed E-state index contributed by atoms with van der Waals surface area (Å²) in [5.41, 5.74) is 15.7. The molecule has 27 heteroatoms. The fourth-order valence-corrected chi connectivity index (χ4v) is 10.5. The standard InChI is InChI=1S/C27H36N8O5.C24H31N7O4.C3H6BrNO/c1-38-21-11-18(12-22(39-2)25(21)40-3)34-14-24(29-16-34)31-26-19-6-9-33(10-7-23(28)37)13-20(19)30-27(32-26)35-8-4-5-17(35)15-36;1-33-19-9-16(10-20(34-2)22(19)35-3)30-12-21(26-14-30)28-23-17-6-7-25-11-18(17)27-24(29-23)31-8-4-5-15(31)13-32;4-2-1-3(5)6/h11-12,14,16-17,36H,4-10,13,15H2,1-3H3,(H2,28,37)(H,30,31,32);9-10,12,14-15,25,32H,4-8,11,13H2,1-3H3,(H,27,28,29);1-2H2,(H2,5,6)/t17-;15-;/m00./s1. The Labute approximate surface area is 478 Å². The molecule has 0 bridgehead atoms. The van der Waals surface area contributed by atoms with Crippen molar-refractivity contribution in [3.05, 3.63) is 71.8 Å². The minimum Gasteiger partial charge on any atom is -0.493 e. The second-order valence-corrected chi connectivity index (χ2v) is 20.2. The molecule has 0 spiro atoms. The van der Waals surface area contributed by atoms with Gasteiger partial charge in [0.05, 0.1) is 103 Å². The molecule has 2 saturated heterocycles. The van der Waals surface area contributed by atoms with Crippen LogP contribution in [0.1, 0.15) is 61.0 Å². The molecule has 0 saturated carbocycles. The molecule has 2 fully saturated rings. The number of rotatable bonds is 21. The van der Waals surface area contributed by atoms with E-state index in [1.165, 1.54) is 0 Å². The quantitative estimate of drug-likeness (QED) is 0.0502. The van der Waals surface area contributed by atoms with Gasteiger partial charge in [-0.2, -0.15) is 9.97 Å². The first-order valence-corrected chi connectivity index (χ1v) is 27.8. The Morgan fingerprint density at radius 3 is 1.54 bits per heavy atom. The largest absolute Gasteiger partial charge is 0.493 e. The summed E-state index contributed by atoms with van der Waals surface area (Å²) in [5.74, 6) is 6.63. The Balaban J connectivity index is 0.000000194. The third kappa shape index (κ3) is 14.3. The predicted octanol–water partition coefficient (Wildman–Crippen LogP) is 3.92. The number of benzene rings is 2. The maximum absolute atomic E-state index is 11.4. The first-order chi connectivity index (χ1) is 39.3. The van der Waals surface area contributed by atoms with Gasteiger partial charge < -0.3 is 85.0 Å². The van der Waals surface area contributed by atoms with Crippen LogP contribution < -0.4 is 65.6 Å². The number of imidazole rings is 2. The summed E-state index contributed by atoms with van der Waals surface area (Å²) in [5, 5.41) is 30.6. The molecule has 2 aromatic carbocycles. The summed E-state index contributed by atoms with van der Waals surface area (Å²) >= 11 is 3.05. The fraction of sp³-hybridized carbons (Fsp3) is 0.481. The Hall–Kier alpha value is -7.72. The summed E-state index contributed by atoms with van der Waals surface area (Å²) in [4.78, 5) is 56.2. The number of anilines is 6. The lowest BCUT2D eigenvalue weighted by molar-refractivity contribution is -0.118. The molecule has 8 heterocycles. The highest BCUT2D eigenvalue weighted by Gasteiger charge is 2.31. The highest BCUT2D eigenvalue weighted by molar-refractivity contribution is 9.09. The molecule has 26 nitrogen and oxygen atoms in total. The molecule has 436 valence electrons. The van der Waals surface area contributed by atoms with Crippen molar-refractivity contribution in [2.45, 2.75) is 76.5 Å². The summed E-state index contributed by atoms with van der Waals surface area (Å²) in [7, 11) is 9.49. The van der Waals surface area contributed by atoms with E-state index >= 15 is 0 Å². The van der Waals surface area contributed by atoms with Crippen molar-refractivity contribution in [2.24, 2.45) is 11.5 Å². The minimum absolute atomic E-state index is 0.0142. The second-order valence-electron chi connectivity index (χ2n) is 19.4. The van der Waals surface area contributed by atoms with E-state index in [1.807, 2.05) is 45.8 Å². The fourth-order valence-electron chi connectivity index (χ4n) is 10.1. The number of carbonyl (C=O) groups excluding carboxylic acids is 2. The van der Waals surface area contributed by atoms with Gasteiger partial charge in [0.2, 0.25) is 35.2 Å². The van der Waals surface area contributed by atoms with Crippen LogP contribution in [0.25, 0.3) is 11.4 Å². The summed E-state index contributed by atoms with van der Waals surface area (Å²) in [6.45, 7) is 5.26. The number of alkyl halides is 1. The van der Waals surface area contributed by atoms with Crippen molar-refractivity contribution >= 4 is 62.9 Å². The normalized spacial score (nSPS) is 16.5. The molecular formula is C54H73BrN16O10. The van der Waals surface area contributed by atoms with E-state index in [2.05, 4.69) is 56.5 Å². The van der Waals surface area contributed by atoms with Crippen molar-refractivity contribution in [1.82, 2.24) is 49.3 Å². The molecule has 4 aliphatic rings. The van der Waals surface area contributed by atoms with Crippen LogP contribution in [0.5, 0.6) is 34.5 Å². The van der Waals surface area contributed by atoms with Crippen LogP contribution in [0, 0.1) is 0 Å². The van der Waals surface area contributed by atoms with E-state index in [4.69, 9.17) is 59.8 Å². The predicted molar refractivity (Wildman–Crippen MR) is 308 cm³/mol. The first kappa shape index (κ1) is 59.4. The van der Waals surface area contributed by atoms with Crippen molar-refractivity contribution in [3.63, 3.8) is 0 Å². The molecule has 2 atom stereocenters. The Morgan fingerprint density at radius 1 is 0.654 bits per heavy atom. The van der Waals surface area contributed by atoms with Crippen LogP contribution in [0.15, 0.2) is 49.3 Å². The number of aromatic nitrogens is 8. The number of aliphatic hydroxyl groups excluding tert-OH is 2. The third-order valence-electron chi connectivity index (χ3n) is 14.3. The second kappa shape index (κ2) is 28.1. The van der Waals surface area contributed by atoms with Crippen molar-refractivity contribution in [1.29, 1.82) is 0 Å². The molecule has 0 radical (unpaired) electrons. The highest BCUT2D eigenvalue weighted by Crippen LogP contribution is 2.41. The number of ether oxygens (including phenoxy) is 6. The number of nitrogens with two attached hydrogens (primary N) is 2. The van der Waals surface area contributed by atoms with Gasteiger partial charge in [0.25, 0.3) is 0 Å². The molecule has 0 unspecified atom stereocenters. The van der Waals surface area contributed by atoms with Crippen LogP contribution in [0.3, 0.4) is 0 Å². The van der Waals surface area contributed by atoms with Crippen molar-refractivity contribution in [2.75, 3.05) is 114 Å². The zero-order valence-electron chi connectivity index (χ0n) is 46.6. The topological polar surface area (TPSA) is 315 Å². The van der Waals surface area contributed by atoms with Crippen LogP contribution in [-0.4, -0.2) is 172 Å². The number of carbonyl (C=O) groups is 2. The van der Waals surface area contributed by atoms with Gasteiger partial charge in [0, 0.05) is 92.8 Å². The van der Waals surface area contributed by atoms with Gasteiger partial charge >= 0.3 is 0 Å². The third-order valence-corrected chi connectivity index (χ3v) is 14.7. The zero-order valence-corrected chi connectivity index (χ0v) is 48.2. The zero-order chi connectivity index (χ0) is 57.6. The van der Waals surface area contributed by atoms with Gasteiger partial charge in [0.15, 0.2) is 23.0 Å². The number of hydrogen-bond donors (Lipinski definition) is 7. The smallest absolute Gasteiger partial charge is 0.227 e. The van der Waals surface area contributed by atoms with Gasteiger partial charge in [-0.3, -0.25) is 14.5 Å². The van der Waals surface area contributed by atoms with E-state index in [-0.39, 0.29) is 37.1 Å². The molecule has 0 aliphatic carbocycles. The SMILES string of the molecule is COc1cc(-n2cnc(Nc3nc(N4CCC[C@H]4CO)nc4c3CCN(CCC(N)=O)C4)c2)cc(OC)c1OC.COc1cc(-n2cnc(Nc3nc(N4CCC[C@H]4CO)nc4c3CCNC4)c2)cc(OC)c1OC.NC(=O)CCBr. The average molecular weight is 1190 g/mol. The van der Waals surface area contributed by atoms with Crippen molar-refractivity contribution < 1.29 is 48.2 Å². The van der Waals surface area contributed by atoms with Crippen LogP contribution >= 0.6 is 15.9 Å². The number of fused-ring (bicyclic) bond motifs is 2. The molecular weight excluding hydrogens is 1110 g/mol. The van der Waals surface area contributed by atoms with Gasteiger partial charge in [-0.15, -0.1) is 0 Å². The lowest BCUT2D eigenvalue weighted by Gasteiger charge is -2.31. The summed E-state index contributed by atoms with van der Waals surface area (Å²) in [6, 6.07) is 7.47. The number of hydrogen-bond acceptors (Lipinski definition) is 22. The molecule has 2 amide bonds. The van der Waals surface area contributed by atoms with E-state index in [9.17, 15) is 19.8 Å². The minimum atomic E-state index is -0.318. The lowest BCUT2D eigenvalue weighted by atomic mass is 10.0. The Morgan fingerprint density at radius 2 is 1.12 bits per heavy atom. The number of halogens is 1. The van der Waals surface area contributed by atoms with E-state index in [1.54, 1.807) is 55.3 Å². The van der Waals surface area contributed by atoms with E-state index < -0.39 is 0 Å². The number of aliphatic hydroxyl groups is 2. The average Bonchev–Trinajstić information content (AvgIpc) is 4.40. The summed E-state index contributed by atoms with van der Waals surface area (Å²) in [6.07, 6.45) is 13.3. The highest BCUT2D eigenvalue weighted by atomic mass is 79.9. The number of nitrogens with zero attached hydrogens (tertiary/aromatic N) is 11. The van der Waals surface area contributed by atoms with Gasteiger partial charge in [-0.1, -0.05) is 15.9 Å². The number of primary amides is 2. The molecule has 4 aliphatic heterocycles. The van der Waals surface area contributed by atoms with Gasteiger partial charge in [-0.05, 0) is 45.1 Å². The maximum atomic E-state index is 11.4. The first-order valence-electron chi connectivity index (χ1n) is 26.7. The van der Waals surface area contributed by atoms with E-state index in [0.29, 0.717) is 108 Å². The summed E-state index contributed by atoms with van der Waals surface area (Å²) < 4.78 is 36.6. The molecule has 81 heavy (non-hydrogen) atoms. The number of nitrogens with one attached hydrogen (secondary N) is 3. The molecule has 6 aromatic rings. The lowest BCUT2D eigenvalue weighted by Crippen LogP contribution is -2.37. The van der Waals surface area contributed by atoms with Crippen molar-refractivity contribution in [3.8, 4) is 45.9 Å². The molecule has 10 rings (SSSR count). The van der Waals surface area contributed by atoms with E-state index in [0.717, 1.165) is 98.0 Å². The van der Waals surface area contributed by atoms with Crippen LogP contribution in [-0.2, 0) is 35.5 Å². The van der Waals surface area contributed by atoms with Crippen LogP contribution in [0.2, 0.25) is 0 Å². The Bertz CT molecular complexity index is 3060. The van der Waals surface area contributed by atoms with Gasteiger partial charge in [0.1, 0.15) is 35.9 Å². The Kier molecular flexibility index (Phi) is 20.6. The number of methoxy groups -OCH3 is 6. The van der Waals surface area contributed by atoms with Crippen LogP contribution in [0.4, 0.5) is 35.2 Å². The maximum Gasteiger partial charge on any atom is 0.227 e. The van der Waals surface area contributed by atoms with Gasteiger partial charge in [-0.25, -0.2) is 19.9 Å². The molecule has 9 N–H and O–H groups in total. The number of amides is 2. The molecule has 4 aromatic heterocycles.